The predicted molar refractivity (Wildman–Crippen MR) is 114 cm³/mol. The molecule has 0 amide bonds. The van der Waals surface area contributed by atoms with Crippen LogP contribution in [0.4, 0.5) is 0 Å². The number of hydrogen-bond donors (Lipinski definition) is 0. The minimum Gasteiger partial charge on any atom is -0.457 e. The molecule has 0 N–H and O–H groups in total. The zero-order valence-electron chi connectivity index (χ0n) is 17.1. The number of benzene rings is 2. The Morgan fingerprint density at radius 2 is 1.62 bits per heavy atom. The molecule has 1 heterocycles. The van der Waals surface area contributed by atoms with Crippen molar-refractivity contribution in [2.24, 2.45) is 0 Å². The number of sulfonamides is 1. The fourth-order valence-corrected chi connectivity index (χ4v) is 6.70. The first-order valence-corrected chi connectivity index (χ1v) is 12.5. The quantitative estimate of drug-likeness (QED) is 0.711. The largest absolute Gasteiger partial charge is 0.457 e. The molecule has 1 saturated heterocycles. The SMILES string of the molecule is Cc1cccc(Oc2ccc(S(=O)(=O)N3CC[C@H](S(=O)(=O)C(C)(C)C)C3)cc2)c1. The van der Waals surface area contributed by atoms with Gasteiger partial charge in [-0.05, 0) is 76.1 Å². The molecule has 2 aromatic carbocycles. The maximum Gasteiger partial charge on any atom is 0.243 e. The Labute approximate surface area is 173 Å². The summed E-state index contributed by atoms with van der Waals surface area (Å²) in [7, 11) is -7.18. The van der Waals surface area contributed by atoms with Gasteiger partial charge in [0.2, 0.25) is 10.0 Å². The summed E-state index contributed by atoms with van der Waals surface area (Å²) in [4.78, 5) is 0.128. The van der Waals surface area contributed by atoms with E-state index in [0.29, 0.717) is 17.9 Å². The maximum absolute atomic E-state index is 13.0. The van der Waals surface area contributed by atoms with E-state index in [2.05, 4.69) is 0 Å². The Morgan fingerprint density at radius 1 is 0.966 bits per heavy atom. The van der Waals surface area contributed by atoms with E-state index >= 15 is 0 Å². The second kappa shape index (κ2) is 7.74. The Balaban J connectivity index is 1.75. The van der Waals surface area contributed by atoms with Gasteiger partial charge in [-0.2, -0.15) is 4.31 Å². The summed E-state index contributed by atoms with van der Waals surface area (Å²) in [5.74, 6) is 1.21. The van der Waals surface area contributed by atoms with Crippen molar-refractivity contribution in [3.8, 4) is 11.5 Å². The van der Waals surface area contributed by atoms with Gasteiger partial charge in [0.1, 0.15) is 11.5 Å². The number of aryl methyl sites for hydroxylation is 1. The minimum atomic E-state index is -3.76. The van der Waals surface area contributed by atoms with E-state index in [1.807, 2.05) is 31.2 Å². The summed E-state index contributed by atoms with van der Waals surface area (Å²) >= 11 is 0. The number of rotatable bonds is 5. The molecular weight excluding hydrogens is 410 g/mol. The van der Waals surface area contributed by atoms with Gasteiger partial charge in [-0.25, -0.2) is 16.8 Å². The van der Waals surface area contributed by atoms with Crippen LogP contribution < -0.4 is 4.74 Å². The smallest absolute Gasteiger partial charge is 0.243 e. The fraction of sp³-hybridized carbons (Fsp3) is 0.429. The first kappa shape index (κ1) is 21.8. The van der Waals surface area contributed by atoms with Gasteiger partial charge in [0.15, 0.2) is 9.84 Å². The molecule has 0 saturated carbocycles. The number of hydrogen-bond acceptors (Lipinski definition) is 5. The molecule has 0 spiro atoms. The molecular formula is C21H27NO5S2. The molecule has 1 atom stereocenters. The normalized spacial score (nSPS) is 18.7. The summed E-state index contributed by atoms with van der Waals surface area (Å²) in [6.07, 6.45) is 0.313. The van der Waals surface area contributed by atoms with Crippen LogP contribution in [0.5, 0.6) is 11.5 Å². The summed E-state index contributed by atoms with van der Waals surface area (Å²) in [6, 6.07) is 13.8. The molecule has 0 radical (unpaired) electrons. The van der Waals surface area contributed by atoms with Crippen LogP contribution in [0.1, 0.15) is 32.8 Å². The predicted octanol–water partition coefficient (Wildman–Crippen LogP) is 3.76. The number of nitrogens with zero attached hydrogens (tertiary/aromatic N) is 1. The van der Waals surface area contributed by atoms with Crippen molar-refractivity contribution in [3.63, 3.8) is 0 Å². The topological polar surface area (TPSA) is 80.8 Å². The Morgan fingerprint density at radius 3 is 2.21 bits per heavy atom. The molecule has 6 nitrogen and oxygen atoms in total. The maximum atomic E-state index is 13.0. The van der Waals surface area contributed by atoms with E-state index in [1.165, 1.54) is 16.4 Å². The molecule has 8 heteroatoms. The van der Waals surface area contributed by atoms with Crippen molar-refractivity contribution in [2.45, 2.75) is 49.0 Å². The molecule has 1 aliphatic rings. The first-order chi connectivity index (χ1) is 13.4. The van der Waals surface area contributed by atoms with Gasteiger partial charge in [-0.1, -0.05) is 12.1 Å². The highest BCUT2D eigenvalue weighted by molar-refractivity contribution is 7.93. The zero-order chi connectivity index (χ0) is 21.4. The average molecular weight is 438 g/mol. The molecule has 1 fully saturated rings. The van der Waals surface area contributed by atoms with Gasteiger partial charge >= 0.3 is 0 Å². The Bertz CT molecular complexity index is 1080. The van der Waals surface area contributed by atoms with E-state index in [1.54, 1.807) is 32.9 Å². The van der Waals surface area contributed by atoms with Crippen molar-refractivity contribution >= 4 is 19.9 Å². The van der Waals surface area contributed by atoms with Crippen molar-refractivity contribution < 1.29 is 21.6 Å². The monoisotopic (exact) mass is 437 g/mol. The Hall–Kier alpha value is -1.90. The zero-order valence-corrected chi connectivity index (χ0v) is 18.8. The van der Waals surface area contributed by atoms with Crippen molar-refractivity contribution in [1.29, 1.82) is 0 Å². The molecule has 3 rings (SSSR count). The Kier molecular flexibility index (Phi) is 5.82. The second-order valence-electron chi connectivity index (χ2n) is 8.32. The summed E-state index contributed by atoms with van der Waals surface area (Å²) in [5, 5.41) is -0.679. The van der Waals surface area contributed by atoms with Gasteiger partial charge in [-0.3, -0.25) is 0 Å². The van der Waals surface area contributed by atoms with Crippen molar-refractivity contribution in [2.75, 3.05) is 13.1 Å². The van der Waals surface area contributed by atoms with Crippen LogP contribution in [-0.4, -0.2) is 44.2 Å². The highest BCUT2D eigenvalue weighted by Crippen LogP contribution is 2.31. The fourth-order valence-electron chi connectivity index (χ4n) is 3.31. The van der Waals surface area contributed by atoms with Gasteiger partial charge in [0.25, 0.3) is 0 Å². The van der Waals surface area contributed by atoms with Crippen molar-refractivity contribution in [1.82, 2.24) is 4.31 Å². The number of ether oxygens (including phenoxy) is 1. The number of sulfone groups is 1. The van der Waals surface area contributed by atoms with Gasteiger partial charge in [0, 0.05) is 13.1 Å². The highest BCUT2D eigenvalue weighted by Gasteiger charge is 2.43. The minimum absolute atomic E-state index is 0.0104. The van der Waals surface area contributed by atoms with E-state index in [0.717, 1.165) is 5.56 Å². The van der Waals surface area contributed by atoms with Crippen LogP contribution >= 0.6 is 0 Å². The van der Waals surface area contributed by atoms with E-state index in [4.69, 9.17) is 4.74 Å². The van der Waals surface area contributed by atoms with E-state index < -0.39 is 29.9 Å². The third-order valence-corrected chi connectivity index (χ3v) is 9.94. The molecule has 0 aromatic heterocycles. The van der Waals surface area contributed by atoms with E-state index in [-0.39, 0.29) is 18.0 Å². The molecule has 2 aromatic rings. The molecule has 29 heavy (non-hydrogen) atoms. The van der Waals surface area contributed by atoms with Gasteiger partial charge < -0.3 is 4.74 Å². The second-order valence-corrected chi connectivity index (χ2v) is 13.2. The third-order valence-electron chi connectivity index (χ3n) is 5.09. The van der Waals surface area contributed by atoms with Crippen molar-refractivity contribution in [3.05, 3.63) is 54.1 Å². The lowest BCUT2D eigenvalue weighted by molar-refractivity contribution is 0.473. The lowest BCUT2D eigenvalue weighted by atomic mass is 10.2. The lowest BCUT2D eigenvalue weighted by Crippen LogP contribution is -2.39. The van der Waals surface area contributed by atoms with Crippen LogP contribution in [0.15, 0.2) is 53.4 Å². The molecule has 0 unspecified atom stereocenters. The molecule has 0 bridgehead atoms. The van der Waals surface area contributed by atoms with Crippen LogP contribution in [-0.2, 0) is 19.9 Å². The van der Waals surface area contributed by atoms with Crippen LogP contribution in [0.2, 0.25) is 0 Å². The average Bonchev–Trinajstić information content (AvgIpc) is 3.13. The molecule has 1 aliphatic heterocycles. The van der Waals surface area contributed by atoms with Crippen LogP contribution in [0.25, 0.3) is 0 Å². The van der Waals surface area contributed by atoms with Crippen LogP contribution in [0, 0.1) is 6.92 Å². The lowest BCUT2D eigenvalue weighted by Gasteiger charge is -2.24. The molecule has 158 valence electrons. The van der Waals surface area contributed by atoms with Crippen LogP contribution in [0.3, 0.4) is 0 Å². The van der Waals surface area contributed by atoms with Gasteiger partial charge in [0.05, 0.1) is 14.9 Å². The summed E-state index contributed by atoms with van der Waals surface area (Å²) in [6.45, 7) is 7.09. The first-order valence-electron chi connectivity index (χ1n) is 9.49. The summed E-state index contributed by atoms with van der Waals surface area (Å²) in [5.41, 5.74) is 1.07. The standard InChI is InChI=1S/C21H27NO5S2/c1-16-6-5-7-18(14-16)27-17-8-10-19(11-9-17)29(25,26)22-13-12-20(15-22)28(23,24)21(2,3)4/h5-11,14,20H,12-13,15H2,1-4H3/t20-/m0/s1. The highest BCUT2D eigenvalue weighted by atomic mass is 32.2. The van der Waals surface area contributed by atoms with Gasteiger partial charge in [-0.15, -0.1) is 0 Å². The third kappa shape index (κ3) is 4.49. The molecule has 0 aliphatic carbocycles. The van der Waals surface area contributed by atoms with E-state index in [9.17, 15) is 16.8 Å². The summed E-state index contributed by atoms with van der Waals surface area (Å²) < 4.78 is 57.4.